The maximum absolute atomic E-state index is 13.6. The zero-order valence-corrected chi connectivity index (χ0v) is 12.6. The number of hydrogen-bond acceptors (Lipinski definition) is 3. The molecule has 0 bridgehead atoms. The van der Waals surface area contributed by atoms with Crippen molar-refractivity contribution >= 4 is 29.1 Å². The molecule has 1 aromatic rings. The lowest BCUT2D eigenvalue weighted by Gasteiger charge is -2.17. The first kappa shape index (κ1) is 17.4. The number of nitrogens with one attached hydrogen (secondary N) is 2. The van der Waals surface area contributed by atoms with Crippen molar-refractivity contribution in [1.82, 2.24) is 5.32 Å². The lowest BCUT2D eigenvalue weighted by molar-refractivity contribution is -0.136. The van der Waals surface area contributed by atoms with Gasteiger partial charge in [0.1, 0.15) is 0 Å². The van der Waals surface area contributed by atoms with E-state index in [0.29, 0.717) is 0 Å². The van der Waals surface area contributed by atoms with Crippen LogP contribution in [0.15, 0.2) is 18.2 Å². The summed E-state index contributed by atoms with van der Waals surface area (Å²) in [7, 11) is 0. The van der Waals surface area contributed by atoms with Crippen LogP contribution in [0.4, 0.5) is 10.1 Å². The monoisotopic (exact) mass is 316 g/mol. The van der Waals surface area contributed by atoms with Crippen LogP contribution in [0.2, 0.25) is 5.02 Å². The lowest BCUT2D eigenvalue weighted by atomic mass is 10.0. The van der Waals surface area contributed by atoms with Gasteiger partial charge >= 0.3 is 11.8 Å². The number of benzene rings is 1. The molecule has 5 nitrogen and oxygen atoms in total. The zero-order valence-electron chi connectivity index (χ0n) is 11.8. The molecule has 2 amide bonds. The number of carbonyl (C=O) groups is 2. The van der Waals surface area contributed by atoms with Crippen LogP contribution >= 0.6 is 11.6 Å². The summed E-state index contributed by atoms with van der Waals surface area (Å²) in [6.07, 6.45) is 0.00592. The van der Waals surface area contributed by atoms with Crippen molar-refractivity contribution in [2.24, 2.45) is 5.92 Å². The van der Waals surface area contributed by atoms with Gasteiger partial charge in [-0.2, -0.15) is 0 Å². The molecular weight excluding hydrogens is 299 g/mol. The van der Waals surface area contributed by atoms with Crippen molar-refractivity contribution in [2.75, 3.05) is 11.9 Å². The Labute approximate surface area is 127 Å². The highest BCUT2D eigenvalue weighted by Gasteiger charge is 2.19. The fraction of sp³-hybridized carbons (Fsp3) is 0.429. The van der Waals surface area contributed by atoms with Crippen molar-refractivity contribution in [2.45, 2.75) is 26.4 Å². The van der Waals surface area contributed by atoms with Crippen LogP contribution in [-0.2, 0) is 9.59 Å². The Bertz CT molecular complexity index is 525. The molecule has 0 aliphatic heterocycles. The molecule has 0 saturated heterocycles. The van der Waals surface area contributed by atoms with E-state index in [4.69, 9.17) is 11.6 Å². The number of halogens is 2. The molecule has 0 saturated carbocycles. The third-order valence-corrected chi connectivity index (χ3v) is 3.47. The van der Waals surface area contributed by atoms with Gasteiger partial charge in [0.2, 0.25) is 0 Å². The minimum Gasteiger partial charge on any atom is -0.391 e. The standard InChI is InChI=1S/C14H18ClFN2O3/c1-3-8(2)11(19)7-17-13(20)14(21)18-10-6-4-5-9(15)12(10)16/h4-6,8,11,19H,3,7H2,1-2H3,(H,17,20)(H,18,21). The van der Waals surface area contributed by atoms with Crippen LogP contribution in [-0.4, -0.2) is 29.6 Å². The number of hydrogen-bond donors (Lipinski definition) is 3. The third kappa shape index (κ3) is 4.99. The molecule has 2 unspecified atom stereocenters. The Balaban J connectivity index is 2.56. The Morgan fingerprint density at radius 1 is 1.38 bits per heavy atom. The molecule has 0 heterocycles. The minimum absolute atomic E-state index is 0.00117. The fourth-order valence-corrected chi connectivity index (χ4v) is 1.70. The zero-order chi connectivity index (χ0) is 16.0. The second kappa shape index (κ2) is 7.95. The number of rotatable bonds is 5. The van der Waals surface area contributed by atoms with Gasteiger partial charge in [-0.05, 0) is 18.1 Å². The van der Waals surface area contributed by atoms with Crippen LogP contribution in [0.1, 0.15) is 20.3 Å². The molecule has 0 radical (unpaired) electrons. The molecule has 7 heteroatoms. The first-order valence-electron chi connectivity index (χ1n) is 6.58. The van der Waals surface area contributed by atoms with Crippen LogP contribution in [0.25, 0.3) is 0 Å². The van der Waals surface area contributed by atoms with E-state index >= 15 is 0 Å². The highest BCUT2D eigenvalue weighted by atomic mass is 35.5. The van der Waals surface area contributed by atoms with Crippen LogP contribution in [0, 0.1) is 11.7 Å². The van der Waals surface area contributed by atoms with E-state index in [0.717, 1.165) is 6.42 Å². The molecular formula is C14H18ClFN2O3. The van der Waals surface area contributed by atoms with Gasteiger partial charge in [0.05, 0.1) is 16.8 Å². The highest BCUT2D eigenvalue weighted by molar-refractivity contribution is 6.39. The SMILES string of the molecule is CCC(C)C(O)CNC(=O)C(=O)Nc1cccc(Cl)c1F. The fourth-order valence-electron chi connectivity index (χ4n) is 1.53. The molecule has 0 fully saturated rings. The van der Waals surface area contributed by atoms with Gasteiger partial charge in [0.25, 0.3) is 0 Å². The molecule has 1 rings (SSSR count). The Hall–Kier alpha value is -1.66. The maximum Gasteiger partial charge on any atom is 0.313 e. The highest BCUT2D eigenvalue weighted by Crippen LogP contribution is 2.21. The molecule has 0 aliphatic rings. The van der Waals surface area contributed by atoms with Crippen molar-refractivity contribution in [3.8, 4) is 0 Å². The van der Waals surface area contributed by atoms with Crippen molar-refractivity contribution in [3.63, 3.8) is 0 Å². The van der Waals surface area contributed by atoms with Crippen molar-refractivity contribution in [1.29, 1.82) is 0 Å². The molecule has 0 spiro atoms. The Morgan fingerprint density at radius 3 is 2.67 bits per heavy atom. The van der Waals surface area contributed by atoms with Crippen molar-refractivity contribution < 1.29 is 19.1 Å². The summed E-state index contributed by atoms with van der Waals surface area (Å²) >= 11 is 5.57. The molecule has 1 aromatic carbocycles. The van der Waals surface area contributed by atoms with Gasteiger partial charge in [0.15, 0.2) is 5.82 Å². The molecule has 21 heavy (non-hydrogen) atoms. The average molecular weight is 317 g/mol. The molecule has 3 N–H and O–H groups in total. The Morgan fingerprint density at radius 2 is 2.05 bits per heavy atom. The van der Waals surface area contributed by atoms with E-state index < -0.39 is 23.7 Å². The first-order valence-corrected chi connectivity index (χ1v) is 6.95. The van der Waals surface area contributed by atoms with Gasteiger partial charge in [-0.3, -0.25) is 9.59 Å². The van der Waals surface area contributed by atoms with Gasteiger partial charge in [-0.1, -0.05) is 37.9 Å². The molecule has 0 aliphatic carbocycles. The number of amides is 2. The number of aliphatic hydroxyl groups is 1. The smallest absolute Gasteiger partial charge is 0.313 e. The van der Waals surface area contributed by atoms with E-state index in [1.807, 2.05) is 13.8 Å². The Kier molecular flexibility index (Phi) is 6.58. The maximum atomic E-state index is 13.6. The summed E-state index contributed by atoms with van der Waals surface area (Å²) in [4.78, 5) is 23.2. The summed E-state index contributed by atoms with van der Waals surface area (Å²) in [5.74, 6) is -2.78. The predicted molar refractivity (Wildman–Crippen MR) is 78.5 cm³/mol. The molecule has 0 aromatic heterocycles. The largest absolute Gasteiger partial charge is 0.391 e. The van der Waals surface area contributed by atoms with E-state index in [1.54, 1.807) is 0 Å². The van der Waals surface area contributed by atoms with Crippen LogP contribution in [0.5, 0.6) is 0 Å². The minimum atomic E-state index is -1.02. The number of carbonyl (C=O) groups excluding carboxylic acids is 2. The van der Waals surface area contributed by atoms with E-state index in [9.17, 15) is 19.1 Å². The van der Waals surface area contributed by atoms with Crippen LogP contribution < -0.4 is 10.6 Å². The van der Waals surface area contributed by atoms with Gasteiger partial charge < -0.3 is 15.7 Å². The second-order valence-corrected chi connectivity index (χ2v) is 5.13. The first-order chi connectivity index (χ1) is 9.86. The summed E-state index contributed by atoms with van der Waals surface area (Å²) in [5, 5.41) is 14.0. The number of anilines is 1. The summed E-state index contributed by atoms with van der Waals surface area (Å²) in [6, 6.07) is 4.07. The lowest BCUT2D eigenvalue weighted by Crippen LogP contribution is -2.41. The third-order valence-electron chi connectivity index (χ3n) is 3.18. The topological polar surface area (TPSA) is 78.4 Å². The van der Waals surface area contributed by atoms with E-state index in [-0.39, 0.29) is 23.2 Å². The quantitative estimate of drug-likeness (QED) is 0.726. The average Bonchev–Trinajstić information content (AvgIpc) is 2.47. The van der Waals surface area contributed by atoms with E-state index in [2.05, 4.69) is 10.6 Å². The number of aliphatic hydroxyl groups excluding tert-OH is 1. The van der Waals surface area contributed by atoms with E-state index in [1.165, 1.54) is 18.2 Å². The van der Waals surface area contributed by atoms with Gasteiger partial charge in [0, 0.05) is 6.54 Å². The predicted octanol–water partition coefficient (Wildman–Crippen LogP) is 1.94. The van der Waals surface area contributed by atoms with Gasteiger partial charge in [-0.15, -0.1) is 0 Å². The van der Waals surface area contributed by atoms with Gasteiger partial charge in [-0.25, -0.2) is 4.39 Å². The normalized spacial score (nSPS) is 13.4. The van der Waals surface area contributed by atoms with Crippen LogP contribution in [0.3, 0.4) is 0 Å². The van der Waals surface area contributed by atoms with Crippen molar-refractivity contribution in [3.05, 3.63) is 29.0 Å². The molecule has 116 valence electrons. The summed E-state index contributed by atoms with van der Waals surface area (Å²) in [5.41, 5.74) is -0.176. The summed E-state index contributed by atoms with van der Waals surface area (Å²) < 4.78 is 13.6. The molecule has 2 atom stereocenters. The summed E-state index contributed by atoms with van der Waals surface area (Å²) in [6.45, 7) is 3.70. The second-order valence-electron chi connectivity index (χ2n) is 4.72.